The minimum Gasteiger partial charge on any atom is -0.448 e. The van der Waals surface area contributed by atoms with E-state index in [2.05, 4.69) is 19.2 Å². The van der Waals surface area contributed by atoms with Crippen LogP contribution in [0.5, 0.6) is 0 Å². The van der Waals surface area contributed by atoms with Crippen LogP contribution in [0, 0.1) is 5.92 Å². The first-order chi connectivity index (χ1) is 12.5. The number of hydrogen-bond acceptors (Lipinski definition) is 4. The van der Waals surface area contributed by atoms with E-state index in [0.29, 0.717) is 16.5 Å². The number of rotatable bonds is 5. The van der Waals surface area contributed by atoms with E-state index in [4.69, 9.17) is 4.74 Å². The second kappa shape index (κ2) is 8.04. The van der Waals surface area contributed by atoms with Gasteiger partial charge in [0.1, 0.15) is 4.88 Å². The van der Waals surface area contributed by atoms with Gasteiger partial charge in [0.2, 0.25) is 0 Å². The Morgan fingerprint density at radius 1 is 1.31 bits per heavy atom. The van der Waals surface area contributed by atoms with E-state index in [1.165, 1.54) is 27.3 Å². The normalized spacial score (nSPS) is 17.3. The molecule has 0 fully saturated rings. The molecule has 4 nitrogen and oxygen atoms in total. The number of anilines is 1. The lowest BCUT2D eigenvalue weighted by molar-refractivity contribution is -0.123. The molecule has 0 unspecified atom stereocenters. The van der Waals surface area contributed by atoms with Gasteiger partial charge in [-0.1, -0.05) is 26.0 Å². The number of carbonyl (C=O) groups is 2. The summed E-state index contributed by atoms with van der Waals surface area (Å²) in [4.78, 5) is 26.6. The Hall–Kier alpha value is -2.14. The van der Waals surface area contributed by atoms with Gasteiger partial charge in [0, 0.05) is 10.6 Å². The van der Waals surface area contributed by atoms with Gasteiger partial charge in [-0.2, -0.15) is 0 Å². The number of amides is 1. The van der Waals surface area contributed by atoms with E-state index in [1.54, 1.807) is 6.92 Å². The molecule has 0 saturated heterocycles. The number of thiophene rings is 1. The highest BCUT2D eigenvalue weighted by molar-refractivity contribution is 7.14. The molecule has 0 spiro atoms. The number of benzene rings is 1. The minimum absolute atomic E-state index is 0.322. The van der Waals surface area contributed by atoms with E-state index in [1.807, 2.05) is 30.3 Å². The Bertz CT molecular complexity index is 794. The van der Waals surface area contributed by atoms with Crippen LogP contribution in [0.2, 0.25) is 0 Å². The van der Waals surface area contributed by atoms with Crippen molar-refractivity contribution in [2.24, 2.45) is 5.92 Å². The predicted molar refractivity (Wildman–Crippen MR) is 105 cm³/mol. The van der Waals surface area contributed by atoms with Crippen LogP contribution in [0.1, 0.15) is 52.9 Å². The summed E-state index contributed by atoms with van der Waals surface area (Å²) >= 11 is 1.50. The molecule has 2 aromatic rings. The molecule has 2 atom stereocenters. The fourth-order valence-corrected chi connectivity index (χ4v) is 4.24. The Balaban J connectivity index is 1.59. The van der Waals surface area contributed by atoms with Crippen LogP contribution in [0.3, 0.4) is 0 Å². The van der Waals surface area contributed by atoms with Crippen molar-refractivity contribution in [3.63, 3.8) is 0 Å². The van der Waals surface area contributed by atoms with E-state index in [-0.39, 0.29) is 5.91 Å². The minimum atomic E-state index is -0.841. The van der Waals surface area contributed by atoms with E-state index in [0.717, 1.165) is 25.7 Å². The van der Waals surface area contributed by atoms with Crippen LogP contribution in [-0.2, 0) is 28.8 Å². The third kappa shape index (κ3) is 4.33. The van der Waals surface area contributed by atoms with Crippen molar-refractivity contribution < 1.29 is 14.3 Å². The highest BCUT2D eigenvalue weighted by atomic mass is 32.1. The summed E-state index contributed by atoms with van der Waals surface area (Å²) in [6, 6.07) is 9.61. The smallest absolute Gasteiger partial charge is 0.349 e. The topological polar surface area (TPSA) is 55.4 Å². The molecule has 0 radical (unpaired) electrons. The van der Waals surface area contributed by atoms with Gasteiger partial charge in [-0.05, 0) is 67.9 Å². The van der Waals surface area contributed by atoms with Gasteiger partial charge in [-0.3, -0.25) is 4.79 Å². The zero-order valence-corrected chi connectivity index (χ0v) is 16.3. The number of esters is 1. The van der Waals surface area contributed by atoms with Gasteiger partial charge in [-0.25, -0.2) is 4.79 Å². The molecule has 1 aromatic heterocycles. The number of carbonyl (C=O) groups excluding carboxylic acids is 2. The average Bonchev–Trinajstić information content (AvgIpc) is 3.05. The predicted octanol–water partition coefficient (Wildman–Crippen LogP) is 4.62. The molecule has 3 rings (SSSR count). The lowest BCUT2D eigenvalue weighted by Gasteiger charge is -2.16. The molecule has 1 heterocycles. The highest BCUT2D eigenvalue weighted by Crippen LogP contribution is 2.32. The summed E-state index contributed by atoms with van der Waals surface area (Å²) in [5.41, 5.74) is 3.17. The van der Waals surface area contributed by atoms with E-state index < -0.39 is 12.1 Å². The molecule has 138 valence electrons. The molecular weight excluding hydrogens is 346 g/mol. The third-order valence-corrected chi connectivity index (χ3v) is 6.03. The second-order valence-electron chi connectivity index (χ2n) is 6.99. The number of ether oxygens (including phenoxy) is 1. The van der Waals surface area contributed by atoms with Gasteiger partial charge in [-0.15, -0.1) is 11.3 Å². The van der Waals surface area contributed by atoms with Crippen LogP contribution in [0.15, 0.2) is 30.3 Å². The fraction of sp³-hybridized carbons (Fsp3) is 0.429. The molecule has 0 saturated carbocycles. The Kier molecular flexibility index (Phi) is 5.77. The third-order valence-electron chi connectivity index (χ3n) is 4.81. The maximum atomic E-state index is 12.4. The van der Waals surface area contributed by atoms with Crippen LogP contribution in [0.4, 0.5) is 5.69 Å². The first-order valence-electron chi connectivity index (χ1n) is 9.18. The largest absolute Gasteiger partial charge is 0.448 e. The van der Waals surface area contributed by atoms with Crippen molar-refractivity contribution in [1.29, 1.82) is 0 Å². The first kappa shape index (κ1) is 18.6. The van der Waals surface area contributed by atoms with Crippen LogP contribution >= 0.6 is 11.3 Å². The van der Waals surface area contributed by atoms with Crippen molar-refractivity contribution in [3.05, 3.63) is 51.2 Å². The molecule has 1 aliphatic rings. The summed E-state index contributed by atoms with van der Waals surface area (Å²) in [6.45, 7) is 5.92. The second-order valence-corrected chi connectivity index (χ2v) is 8.13. The van der Waals surface area contributed by atoms with Gasteiger partial charge in [0.15, 0.2) is 6.10 Å². The molecule has 0 bridgehead atoms. The van der Waals surface area contributed by atoms with Crippen LogP contribution in [-0.4, -0.2) is 18.0 Å². The molecule has 26 heavy (non-hydrogen) atoms. The van der Waals surface area contributed by atoms with Crippen molar-refractivity contribution in [3.8, 4) is 0 Å². The van der Waals surface area contributed by atoms with Crippen LogP contribution < -0.4 is 5.32 Å². The van der Waals surface area contributed by atoms with E-state index in [9.17, 15) is 9.59 Å². The van der Waals surface area contributed by atoms with E-state index >= 15 is 0 Å². The van der Waals surface area contributed by atoms with Gasteiger partial charge >= 0.3 is 5.97 Å². The lowest BCUT2D eigenvalue weighted by Crippen LogP contribution is -2.29. The Morgan fingerprint density at radius 2 is 2.04 bits per heavy atom. The maximum absolute atomic E-state index is 12.4. The zero-order valence-electron chi connectivity index (χ0n) is 15.5. The summed E-state index contributed by atoms with van der Waals surface area (Å²) in [7, 11) is 0. The molecule has 1 aromatic carbocycles. The molecule has 1 aliphatic carbocycles. The molecular formula is C21H25NO3S. The zero-order chi connectivity index (χ0) is 18.7. The van der Waals surface area contributed by atoms with Crippen molar-refractivity contribution >= 4 is 28.9 Å². The number of fused-ring (bicyclic) bond motifs is 1. The van der Waals surface area contributed by atoms with Gasteiger partial charge in [0.25, 0.3) is 5.91 Å². The SMILES string of the molecule is CCc1ccc(NC(=O)[C@H](C)OC(=O)c2cc3c(s2)CC[C@@H](C)C3)cc1. The lowest BCUT2D eigenvalue weighted by atomic mass is 9.90. The first-order valence-corrected chi connectivity index (χ1v) is 10.00. The quantitative estimate of drug-likeness (QED) is 0.780. The number of nitrogens with one attached hydrogen (secondary N) is 1. The monoisotopic (exact) mass is 371 g/mol. The maximum Gasteiger partial charge on any atom is 0.349 e. The Labute approximate surface area is 158 Å². The number of hydrogen-bond donors (Lipinski definition) is 1. The Morgan fingerprint density at radius 3 is 2.73 bits per heavy atom. The summed E-state index contributed by atoms with van der Waals surface area (Å²) < 4.78 is 5.38. The molecule has 5 heteroatoms. The summed E-state index contributed by atoms with van der Waals surface area (Å²) in [5.74, 6) is -0.0802. The van der Waals surface area contributed by atoms with Crippen LogP contribution in [0.25, 0.3) is 0 Å². The highest BCUT2D eigenvalue weighted by Gasteiger charge is 2.24. The van der Waals surface area contributed by atoms with Crippen molar-refractivity contribution in [2.75, 3.05) is 5.32 Å². The number of aryl methyl sites for hydroxylation is 2. The molecule has 1 amide bonds. The standard InChI is InChI=1S/C21H25NO3S/c1-4-15-6-8-17(9-7-15)22-20(23)14(3)25-21(24)19-12-16-11-13(2)5-10-18(16)26-19/h6-9,12-14H,4-5,10-11H2,1-3H3,(H,22,23)/t13-,14+/m1/s1. The van der Waals surface area contributed by atoms with Crippen molar-refractivity contribution in [2.45, 2.75) is 52.6 Å². The molecule has 0 aliphatic heterocycles. The molecule has 1 N–H and O–H groups in total. The van der Waals surface area contributed by atoms with Gasteiger partial charge in [0.05, 0.1) is 0 Å². The summed E-state index contributed by atoms with van der Waals surface area (Å²) in [5, 5.41) is 2.79. The fourth-order valence-electron chi connectivity index (χ4n) is 3.15. The summed E-state index contributed by atoms with van der Waals surface area (Å²) in [6.07, 6.45) is 3.32. The van der Waals surface area contributed by atoms with Crippen molar-refractivity contribution in [1.82, 2.24) is 0 Å². The van der Waals surface area contributed by atoms with Gasteiger partial charge < -0.3 is 10.1 Å². The average molecular weight is 372 g/mol.